The van der Waals surface area contributed by atoms with E-state index in [1.165, 1.54) is 14.2 Å². The second-order valence-corrected chi connectivity index (χ2v) is 12.6. The molecule has 0 saturated carbocycles. The minimum atomic E-state index is -1.14. The van der Waals surface area contributed by atoms with E-state index >= 15 is 0 Å². The number of nitrogens with one attached hydrogen (secondary N) is 5. The third kappa shape index (κ3) is 15.8. The fraction of sp³-hybridized carbons (Fsp3) is 0.514. The zero-order chi connectivity index (χ0) is 36.4. The topological polar surface area (TPSA) is 199 Å². The Hall–Kier alpha value is -4.69. The van der Waals surface area contributed by atoms with Crippen LogP contribution < -0.4 is 32.3 Å². The molecule has 0 aromatic heterocycles. The third-order valence-corrected chi connectivity index (χ3v) is 7.52. The number of esters is 2. The number of methoxy groups -OCH3 is 2. The van der Waals surface area contributed by atoms with Crippen molar-refractivity contribution in [2.24, 2.45) is 5.73 Å². The summed E-state index contributed by atoms with van der Waals surface area (Å²) in [7, 11) is 2.40. The minimum Gasteiger partial charge on any atom is -0.469 e. The standard InChI is InChI=1S/C35H52N6O8/c1-23-14-10-11-17-25(23)40-33(45)37-19-13-12-18-26(41-34(46)49-35(2,3)4)29(39-28(32(44)48-6)21-30(42)47-5)22-38-27(31(36)43)20-24-15-8-7-9-16-24/h7-11,14-17,26-29,38-39H,12-13,18-22H2,1-6H3,(H2,36,43)(H,41,46)(H2,37,40,45)/t26-,27-,28-,29-/m0/s1. The predicted molar refractivity (Wildman–Crippen MR) is 186 cm³/mol. The highest BCUT2D eigenvalue weighted by Crippen LogP contribution is 2.14. The zero-order valence-corrected chi connectivity index (χ0v) is 29.3. The number of hydrogen-bond donors (Lipinski definition) is 6. The lowest BCUT2D eigenvalue weighted by Gasteiger charge is -2.33. The van der Waals surface area contributed by atoms with Gasteiger partial charge >= 0.3 is 24.1 Å². The van der Waals surface area contributed by atoms with Gasteiger partial charge in [-0.25, -0.2) is 9.59 Å². The van der Waals surface area contributed by atoms with Gasteiger partial charge in [-0.15, -0.1) is 0 Å². The number of hydrogen-bond acceptors (Lipinski definition) is 10. The van der Waals surface area contributed by atoms with Gasteiger partial charge in [-0.2, -0.15) is 0 Å². The van der Waals surface area contributed by atoms with Crippen molar-refractivity contribution < 1.29 is 38.2 Å². The molecule has 2 aromatic rings. The lowest BCUT2D eigenvalue weighted by Crippen LogP contribution is -2.60. The van der Waals surface area contributed by atoms with Crippen LogP contribution >= 0.6 is 0 Å². The first-order chi connectivity index (χ1) is 23.2. The number of alkyl carbamates (subject to hydrolysis) is 1. The van der Waals surface area contributed by atoms with Crippen molar-refractivity contribution in [1.29, 1.82) is 0 Å². The maximum atomic E-state index is 13.1. The van der Waals surface area contributed by atoms with Crippen molar-refractivity contribution in [1.82, 2.24) is 21.3 Å². The molecule has 14 heteroatoms. The lowest BCUT2D eigenvalue weighted by molar-refractivity contribution is -0.149. The van der Waals surface area contributed by atoms with Crippen molar-refractivity contribution in [2.45, 2.75) is 89.6 Å². The van der Waals surface area contributed by atoms with E-state index in [1.807, 2.05) is 61.5 Å². The summed E-state index contributed by atoms with van der Waals surface area (Å²) in [5.74, 6) is -1.96. The number of para-hydroxylation sites is 1. The molecule has 0 saturated heterocycles. The van der Waals surface area contributed by atoms with Crippen LogP contribution in [0.25, 0.3) is 0 Å². The van der Waals surface area contributed by atoms with Crippen molar-refractivity contribution in [2.75, 3.05) is 32.6 Å². The summed E-state index contributed by atoms with van der Waals surface area (Å²) in [6.07, 6.45) is 0.707. The van der Waals surface area contributed by atoms with Gasteiger partial charge in [0.25, 0.3) is 0 Å². The third-order valence-electron chi connectivity index (χ3n) is 7.52. The highest BCUT2D eigenvalue weighted by Gasteiger charge is 2.32. The normalized spacial score (nSPS) is 13.6. The van der Waals surface area contributed by atoms with E-state index in [4.69, 9.17) is 19.9 Å². The van der Waals surface area contributed by atoms with Crippen LogP contribution in [0, 0.1) is 6.92 Å². The monoisotopic (exact) mass is 684 g/mol. The smallest absolute Gasteiger partial charge is 0.407 e. The number of benzene rings is 2. The van der Waals surface area contributed by atoms with Gasteiger partial charge in [0.05, 0.1) is 26.7 Å². The molecule has 0 fully saturated rings. The lowest BCUT2D eigenvalue weighted by atomic mass is 9.98. The number of amides is 4. The van der Waals surface area contributed by atoms with Crippen LogP contribution in [0.5, 0.6) is 0 Å². The molecule has 0 aliphatic carbocycles. The van der Waals surface area contributed by atoms with Crippen LogP contribution in [0.3, 0.4) is 0 Å². The zero-order valence-electron chi connectivity index (χ0n) is 29.3. The number of urea groups is 1. The van der Waals surface area contributed by atoms with E-state index in [9.17, 15) is 24.0 Å². The van der Waals surface area contributed by atoms with E-state index in [2.05, 4.69) is 26.6 Å². The summed E-state index contributed by atoms with van der Waals surface area (Å²) < 4.78 is 15.3. The predicted octanol–water partition coefficient (Wildman–Crippen LogP) is 2.93. The Labute approximate surface area is 288 Å². The Balaban J connectivity index is 2.27. The Morgan fingerprint density at radius 3 is 2.14 bits per heavy atom. The molecule has 0 spiro atoms. The molecule has 49 heavy (non-hydrogen) atoms. The van der Waals surface area contributed by atoms with Gasteiger partial charge in [0.1, 0.15) is 11.6 Å². The molecule has 2 rings (SSSR count). The van der Waals surface area contributed by atoms with Crippen LogP contribution in [-0.4, -0.2) is 87.0 Å². The molecular weight excluding hydrogens is 632 g/mol. The number of rotatable bonds is 19. The molecule has 4 amide bonds. The summed E-state index contributed by atoms with van der Waals surface area (Å²) in [6.45, 7) is 7.50. The molecule has 0 bridgehead atoms. The number of primary amides is 1. The molecule has 14 nitrogen and oxygen atoms in total. The Morgan fingerprint density at radius 2 is 1.53 bits per heavy atom. The number of carbonyl (C=O) groups excluding carboxylic acids is 5. The van der Waals surface area contributed by atoms with Crippen molar-refractivity contribution in [3.63, 3.8) is 0 Å². The number of ether oxygens (including phenoxy) is 3. The van der Waals surface area contributed by atoms with Crippen LogP contribution in [-0.2, 0) is 35.0 Å². The molecule has 0 aliphatic rings. The summed E-state index contributed by atoms with van der Waals surface area (Å²) in [4.78, 5) is 63.1. The summed E-state index contributed by atoms with van der Waals surface area (Å²) in [5.41, 5.74) is 7.48. The van der Waals surface area contributed by atoms with Crippen LogP contribution in [0.15, 0.2) is 54.6 Å². The van der Waals surface area contributed by atoms with Crippen LogP contribution in [0.1, 0.15) is 57.6 Å². The highest BCUT2D eigenvalue weighted by molar-refractivity contribution is 5.90. The molecule has 2 aromatic carbocycles. The minimum absolute atomic E-state index is 0.0483. The molecule has 0 radical (unpaired) electrons. The van der Waals surface area contributed by atoms with Crippen LogP contribution in [0.4, 0.5) is 15.3 Å². The SMILES string of the molecule is COC(=O)C[C@H](N[C@@H](CN[C@@H](Cc1ccccc1)C(N)=O)[C@H](CCCCNC(=O)Nc1ccccc1C)NC(=O)OC(C)(C)C)C(=O)OC. The number of aryl methyl sites for hydroxylation is 1. The fourth-order valence-electron chi connectivity index (χ4n) is 4.97. The molecule has 4 atom stereocenters. The largest absolute Gasteiger partial charge is 0.469 e. The molecule has 0 heterocycles. The Kier molecular flexibility index (Phi) is 17.0. The maximum absolute atomic E-state index is 13.1. The Morgan fingerprint density at radius 1 is 0.857 bits per heavy atom. The van der Waals surface area contributed by atoms with Crippen LogP contribution in [0.2, 0.25) is 0 Å². The first-order valence-electron chi connectivity index (χ1n) is 16.3. The highest BCUT2D eigenvalue weighted by atomic mass is 16.6. The van der Waals surface area contributed by atoms with Gasteiger partial charge in [0, 0.05) is 30.9 Å². The average Bonchev–Trinajstić information content (AvgIpc) is 3.04. The number of carbonyl (C=O) groups is 5. The van der Waals surface area contributed by atoms with Gasteiger partial charge in [-0.1, -0.05) is 48.5 Å². The molecular formula is C35H52N6O8. The number of unbranched alkanes of at least 4 members (excludes halogenated alkanes) is 1. The second-order valence-electron chi connectivity index (χ2n) is 12.6. The van der Waals surface area contributed by atoms with E-state index < -0.39 is 53.7 Å². The number of nitrogens with two attached hydrogens (primary N) is 1. The first-order valence-corrected chi connectivity index (χ1v) is 16.3. The molecule has 270 valence electrons. The summed E-state index contributed by atoms with van der Waals surface area (Å²) in [6, 6.07) is 13.1. The van der Waals surface area contributed by atoms with Gasteiger partial charge in [0.15, 0.2) is 0 Å². The fourth-order valence-corrected chi connectivity index (χ4v) is 4.97. The van der Waals surface area contributed by atoms with E-state index in [0.717, 1.165) is 11.1 Å². The van der Waals surface area contributed by atoms with Crippen molar-refractivity contribution in [3.8, 4) is 0 Å². The van der Waals surface area contributed by atoms with Gasteiger partial charge in [-0.05, 0) is 70.6 Å². The average molecular weight is 685 g/mol. The Bertz CT molecular complexity index is 1370. The van der Waals surface area contributed by atoms with E-state index in [-0.39, 0.29) is 19.0 Å². The molecule has 0 aliphatic heterocycles. The van der Waals surface area contributed by atoms with Gasteiger partial charge in [0.2, 0.25) is 5.91 Å². The van der Waals surface area contributed by atoms with Gasteiger partial charge < -0.3 is 41.2 Å². The van der Waals surface area contributed by atoms with Crippen molar-refractivity contribution in [3.05, 3.63) is 65.7 Å². The van der Waals surface area contributed by atoms with Crippen molar-refractivity contribution >= 4 is 35.7 Å². The maximum Gasteiger partial charge on any atom is 0.407 e. The molecule has 7 N–H and O–H groups in total. The number of anilines is 1. The quantitative estimate of drug-likeness (QED) is 0.0727. The first kappa shape index (κ1) is 40.5. The second kappa shape index (κ2) is 20.6. The molecule has 0 unspecified atom stereocenters. The van der Waals surface area contributed by atoms with Gasteiger partial charge in [-0.3, -0.25) is 19.7 Å². The van der Waals surface area contributed by atoms with E-state index in [0.29, 0.717) is 37.9 Å². The van der Waals surface area contributed by atoms with E-state index in [1.54, 1.807) is 20.8 Å². The summed E-state index contributed by atoms with van der Waals surface area (Å²) in [5, 5.41) is 14.9. The summed E-state index contributed by atoms with van der Waals surface area (Å²) >= 11 is 0.